The minimum atomic E-state index is -1.44. The number of hydrogen-bond acceptors (Lipinski definition) is 2. The van der Waals surface area contributed by atoms with Gasteiger partial charge in [-0.3, -0.25) is 0 Å². The smallest absolute Gasteiger partial charge is 0.187 e. The molecular weight excluding hydrogens is 270 g/mol. The van der Waals surface area contributed by atoms with Gasteiger partial charge in [0.15, 0.2) is 8.32 Å². The molecule has 18 heavy (non-hydrogen) atoms. The fourth-order valence-electron chi connectivity index (χ4n) is 2.51. The minimum absolute atomic E-state index is 0.944. The van der Waals surface area contributed by atoms with Crippen LogP contribution in [0, 0.1) is 0 Å². The second kappa shape index (κ2) is 6.83. The van der Waals surface area contributed by atoms with Gasteiger partial charge in [-0.25, -0.2) is 0 Å². The summed E-state index contributed by atoms with van der Waals surface area (Å²) in [5.41, 5.74) is 0. The molecule has 0 fully saturated rings. The summed E-state index contributed by atoms with van der Waals surface area (Å²) in [7, 11) is -3.82. The lowest BCUT2D eigenvalue weighted by Crippen LogP contribution is -2.60. The van der Waals surface area contributed by atoms with Crippen LogP contribution in [0.5, 0.6) is 0 Å². The van der Waals surface area contributed by atoms with Crippen LogP contribution in [-0.4, -0.2) is 42.2 Å². The summed E-state index contributed by atoms with van der Waals surface area (Å²) in [6, 6.07) is 1.28. The van der Waals surface area contributed by atoms with Gasteiger partial charge in [0.2, 0.25) is 0 Å². The van der Waals surface area contributed by atoms with Crippen molar-refractivity contribution in [2.75, 3.05) is 13.2 Å². The maximum Gasteiger partial charge on any atom is 0.187 e. The maximum atomic E-state index is 6.10. The van der Waals surface area contributed by atoms with E-state index in [9.17, 15) is 0 Å². The summed E-state index contributed by atoms with van der Waals surface area (Å²) in [4.78, 5) is 0. The lowest BCUT2D eigenvalue weighted by atomic mass is 10.5. The molecule has 0 atom stereocenters. The zero-order chi connectivity index (χ0) is 14.6. The summed E-state index contributed by atoms with van der Waals surface area (Å²) >= 11 is 0. The predicted octanol–water partition coefficient (Wildman–Crippen LogP) is 4.59. The van der Waals surface area contributed by atoms with E-state index in [-0.39, 0.29) is 0 Å². The zero-order valence-corrected chi connectivity index (χ0v) is 17.2. The van der Waals surface area contributed by atoms with E-state index in [0.717, 1.165) is 13.0 Å². The average Bonchev–Trinajstić information content (AvgIpc) is 2.10. The van der Waals surface area contributed by atoms with Crippen molar-refractivity contribution in [1.82, 2.24) is 4.23 Å². The van der Waals surface area contributed by atoms with Crippen molar-refractivity contribution in [3.8, 4) is 0 Å². The molecule has 0 saturated carbocycles. The van der Waals surface area contributed by atoms with Crippen LogP contribution in [0.15, 0.2) is 0 Å². The molecule has 0 aliphatic heterocycles. The Labute approximate surface area is 118 Å². The van der Waals surface area contributed by atoms with Crippen LogP contribution in [0.3, 0.4) is 0 Å². The molecule has 0 aliphatic rings. The molecule has 5 heteroatoms. The summed E-state index contributed by atoms with van der Waals surface area (Å²) < 4.78 is 8.98. The molecule has 0 heterocycles. The van der Waals surface area contributed by atoms with Crippen LogP contribution in [0.2, 0.25) is 58.4 Å². The lowest BCUT2D eigenvalue weighted by Gasteiger charge is -2.44. The van der Waals surface area contributed by atoms with Crippen molar-refractivity contribution in [3.05, 3.63) is 0 Å². The number of hydrogen-bond donors (Lipinski definition) is 0. The van der Waals surface area contributed by atoms with Crippen LogP contribution in [0.4, 0.5) is 0 Å². The van der Waals surface area contributed by atoms with Crippen molar-refractivity contribution in [1.29, 1.82) is 0 Å². The minimum Gasteiger partial charge on any atom is -0.417 e. The summed E-state index contributed by atoms with van der Waals surface area (Å²) in [5, 5.41) is 0. The van der Waals surface area contributed by atoms with E-state index in [1.807, 2.05) is 0 Å². The molecule has 0 rings (SSSR count). The van der Waals surface area contributed by atoms with Crippen LogP contribution in [0.25, 0.3) is 0 Å². The Kier molecular flexibility index (Phi) is 7.05. The first-order chi connectivity index (χ1) is 7.90. The Morgan fingerprint density at radius 1 is 0.833 bits per heavy atom. The maximum absolute atomic E-state index is 6.10. The van der Waals surface area contributed by atoms with E-state index in [2.05, 4.69) is 63.5 Å². The first-order valence-corrected chi connectivity index (χ1v) is 17.3. The third-order valence-electron chi connectivity index (χ3n) is 3.25. The molecule has 0 unspecified atom stereocenters. The second-order valence-electron chi connectivity index (χ2n) is 7.85. The van der Waals surface area contributed by atoms with Gasteiger partial charge in [-0.15, -0.1) is 0 Å². The molecule has 2 nitrogen and oxygen atoms in total. The van der Waals surface area contributed by atoms with Crippen molar-refractivity contribution in [2.24, 2.45) is 0 Å². The van der Waals surface area contributed by atoms with Gasteiger partial charge in [-0.05, 0) is 32.1 Å². The molecule has 0 aromatic carbocycles. The van der Waals surface area contributed by atoms with Gasteiger partial charge in [0, 0.05) is 6.61 Å². The lowest BCUT2D eigenvalue weighted by molar-refractivity contribution is 0.305. The molecule has 0 aromatic rings. The van der Waals surface area contributed by atoms with E-state index >= 15 is 0 Å². The fourth-order valence-corrected chi connectivity index (χ4v) is 14.2. The number of nitrogens with zero attached hydrogens (tertiary/aromatic N) is 1. The summed E-state index contributed by atoms with van der Waals surface area (Å²) in [5.74, 6) is 0. The van der Waals surface area contributed by atoms with Gasteiger partial charge in [0.1, 0.15) is 16.5 Å². The van der Waals surface area contributed by atoms with Crippen LogP contribution in [-0.2, 0) is 4.43 Å². The van der Waals surface area contributed by atoms with Crippen molar-refractivity contribution >= 4 is 24.8 Å². The van der Waals surface area contributed by atoms with Crippen LogP contribution in [0.1, 0.15) is 13.3 Å². The fraction of sp³-hybridized carbons (Fsp3) is 1.00. The molecule has 0 bridgehead atoms. The highest BCUT2D eigenvalue weighted by Crippen LogP contribution is 2.22. The molecule has 0 saturated heterocycles. The van der Waals surface area contributed by atoms with Crippen molar-refractivity contribution in [3.63, 3.8) is 0 Å². The zero-order valence-electron chi connectivity index (χ0n) is 14.2. The largest absolute Gasteiger partial charge is 0.417 e. The van der Waals surface area contributed by atoms with Gasteiger partial charge < -0.3 is 8.66 Å². The number of rotatable bonds is 8. The van der Waals surface area contributed by atoms with Crippen LogP contribution >= 0.6 is 0 Å². The molecule has 0 radical (unpaired) electrons. The standard InChI is InChI=1S/C13H35NOSi3/c1-10-12-15-18(8,9)13-11-14(16(2,3)4)17(5,6)7/h10-13H2,1-9H3. The Morgan fingerprint density at radius 3 is 1.61 bits per heavy atom. The average molecular weight is 306 g/mol. The highest BCUT2D eigenvalue weighted by Gasteiger charge is 2.35. The highest BCUT2D eigenvalue weighted by atomic mass is 28.4. The summed E-state index contributed by atoms with van der Waals surface area (Å²) in [6.07, 6.45) is 1.14. The molecule has 0 N–H and O–H groups in total. The Balaban J connectivity index is 4.54. The Bertz CT molecular complexity index is 230. The molecule has 110 valence electrons. The SMILES string of the molecule is CCCO[Si](C)(C)CCN([Si](C)(C)C)[Si](C)(C)C. The van der Waals surface area contributed by atoms with Crippen molar-refractivity contribution < 1.29 is 4.43 Å². The molecule has 0 spiro atoms. The predicted molar refractivity (Wildman–Crippen MR) is 91.9 cm³/mol. The van der Waals surface area contributed by atoms with Gasteiger partial charge in [-0.2, -0.15) is 0 Å². The third-order valence-corrected chi connectivity index (χ3v) is 13.4. The van der Waals surface area contributed by atoms with Crippen LogP contribution < -0.4 is 0 Å². The summed E-state index contributed by atoms with van der Waals surface area (Å²) in [6.45, 7) is 24.0. The van der Waals surface area contributed by atoms with E-state index in [1.165, 1.54) is 12.6 Å². The normalized spacial score (nSPS) is 14.3. The topological polar surface area (TPSA) is 12.5 Å². The monoisotopic (exact) mass is 305 g/mol. The molecule has 0 aliphatic carbocycles. The first-order valence-electron chi connectivity index (χ1n) is 7.32. The van der Waals surface area contributed by atoms with E-state index in [0.29, 0.717) is 0 Å². The van der Waals surface area contributed by atoms with Gasteiger partial charge >= 0.3 is 0 Å². The van der Waals surface area contributed by atoms with E-state index in [4.69, 9.17) is 4.43 Å². The third kappa shape index (κ3) is 7.23. The Morgan fingerprint density at radius 2 is 1.28 bits per heavy atom. The highest BCUT2D eigenvalue weighted by molar-refractivity contribution is 6.89. The van der Waals surface area contributed by atoms with Crippen molar-refractivity contribution in [2.45, 2.75) is 71.8 Å². The van der Waals surface area contributed by atoms with Gasteiger partial charge in [-0.1, -0.05) is 46.2 Å². The van der Waals surface area contributed by atoms with E-state index < -0.39 is 24.8 Å². The van der Waals surface area contributed by atoms with Gasteiger partial charge in [0.25, 0.3) is 0 Å². The van der Waals surface area contributed by atoms with Gasteiger partial charge in [0.05, 0.1) is 0 Å². The molecular formula is C13H35NOSi3. The molecule has 0 amide bonds. The quantitative estimate of drug-likeness (QED) is 0.608. The Hall–Kier alpha value is 0.571. The molecule has 0 aromatic heterocycles. The second-order valence-corrected chi connectivity index (χ2v) is 22.4. The van der Waals surface area contributed by atoms with E-state index in [1.54, 1.807) is 0 Å². The first kappa shape index (κ1) is 18.6.